The first-order chi connectivity index (χ1) is 11.9. The van der Waals surface area contributed by atoms with Gasteiger partial charge in [-0.15, -0.1) is 0 Å². The molecule has 1 aliphatic rings. The number of aromatic nitrogens is 2. The Morgan fingerprint density at radius 3 is 2.64 bits per heavy atom. The third kappa shape index (κ3) is 3.71. The molecule has 1 aliphatic heterocycles. The van der Waals surface area contributed by atoms with E-state index in [-0.39, 0.29) is 17.6 Å². The number of nitrogens with one attached hydrogen (secondary N) is 1. The molecule has 2 atom stereocenters. The topological polar surface area (TPSA) is 33.1 Å². The van der Waals surface area contributed by atoms with E-state index in [2.05, 4.69) is 72.0 Å². The van der Waals surface area contributed by atoms with Gasteiger partial charge in [-0.05, 0) is 63.2 Å². The van der Waals surface area contributed by atoms with Crippen LogP contribution in [0.15, 0.2) is 42.9 Å². The number of thiocarbonyl (C=S) groups is 1. The van der Waals surface area contributed by atoms with E-state index in [0.717, 1.165) is 30.2 Å². The number of hydrogen-bond acceptors (Lipinski definition) is 2. The second kappa shape index (κ2) is 7.16. The van der Waals surface area contributed by atoms with Gasteiger partial charge in [0.15, 0.2) is 5.11 Å². The van der Waals surface area contributed by atoms with Crippen LogP contribution in [0.3, 0.4) is 0 Å². The predicted octanol–water partition coefficient (Wildman–Crippen LogP) is 4.41. The molecule has 0 aliphatic carbocycles. The van der Waals surface area contributed by atoms with Crippen molar-refractivity contribution in [3.8, 4) is 0 Å². The zero-order valence-electron chi connectivity index (χ0n) is 15.6. The summed E-state index contributed by atoms with van der Waals surface area (Å²) in [7, 11) is 0. The van der Waals surface area contributed by atoms with Gasteiger partial charge >= 0.3 is 0 Å². The maximum Gasteiger partial charge on any atom is 0.170 e. The second-order valence-electron chi connectivity index (χ2n) is 7.70. The van der Waals surface area contributed by atoms with E-state index in [0.29, 0.717) is 0 Å². The molecule has 25 heavy (non-hydrogen) atoms. The van der Waals surface area contributed by atoms with Crippen LogP contribution < -0.4 is 5.32 Å². The van der Waals surface area contributed by atoms with Crippen LogP contribution in [-0.4, -0.2) is 26.1 Å². The van der Waals surface area contributed by atoms with Gasteiger partial charge in [-0.3, -0.25) is 4.98 Å². The quantitative estimate of drug-likeness (QED) is 0.805. The van der Waals surface area contributed by atoms with E-state index in [4.69, 9.17) is 12.2 Å². The number of nitrogens with zero attached hydrogens (tertiary/aromatic N) is 3. The van der Waals surface area contributed by atoms with E-state index < -0.39 is 0 Å². The molecule has 2 aromatic heterocycles. The Balaban J connectivity index is 1.98. The van der Waals surface area contributed by atoms with Crippen LogP contribution in [0.4, 0.5) is 0 Å². The van der Waals surface area contributed by atoms with E-state index >= 15 is 0 Å². The van der Waals surface area contributed by atoms with Crippen molar-refractivity contribution < 1.29 is 0 Å². The highest BCUT2D eigenvalue weighted by atomic mass is 32.1. The highest BCUT2D eigenvalue weighted by molar-refractivity contribution is 7.80. The van der Waals surface area contributed by atoms with Crippen molar-refractivity contribution in [3.63, 3.8) is 0 Å². The van der Waals surface area contributed by atoms with Crippen molar-refractivity contribution >= 4 is 17.3 Å². The Bertz CT molecular complexity index is 717. The highest BCUT2D eigenvalue weighted by Gasteiger charge is 2.39. The van der Waals surface area contributed by atoms with Crippen LogP contribution in [0.2, 0.25) is 0 Å². The van der Waals surface area contributed by atoms with E-state index in [1.165, 1.54) is 5.56 Å². The summed E-state index contributed by atoms with van der Waals surface area (Å²) in [4.78, 5) is 6.92. The zero-order chi connectivity index (χ0) is 18.0. The molecule has 0 radical (unpaired) electrons. The Labute approximate surface area is 156 Å². The van der Waals surface area contributed by atoms with Gasteiger partial charge in [-0.2, -0.15) is 0 Å². The van der Waals surface area contributed by atoms with Crippen LogP contribution in [0.5, 0.6) is 0 Å². The lowest BCUT2D eigenvalue weighted by Crippen LogP contribution is -2.30. The summed E-state index contributed by atoms with van der Waals surface area (Å²) < 4.78 is 2.27. The van der Waals surface area contributed by atoms with Crippen molar-refractivity contribution in [2.24, 2.45) is 0 Å². The van der Waals surface area contributed by atoms with Crippen LogP contribution in [-0.2, 0) is 5.54 Å². The molecule has 2 aromatic rings. The van der Waals surface area contributed by atoms with Gasteiger partial charge < -0.3 is 14.8 Å². The second-order valence-corrected chi connectivity index (χ2v) is 8.08. The molecule has 3 rings (SSSR count). The minimum atomic E-state index is 0.0690. The van der Waals surface area contributed by atoms with E-state index in [9.17, 15) is 0 Å². The summed E-state index contributed by atoms with van der Waals surface area (Å²) >= 11 is 5.67. The maximum atomic E-state index is 5.67. The van der Waals surface area contributed by atoms with E-state index in [1.807, 2.05) is 18.3 Å². The Morgan fingerprint density at radius 1 is 1.24 bits per heavy atom. The molecule has 0 saturated carbocycles. The number of hydrogen-bond donors (Lipinski definition) is 1. The van der Waals surface area contributed by atoms with Crippen LogP contribution in [0.25, 0.3) is 0 Å². The molecule has 0 spiro atoms. The molecule has 134 valence electrons. The first kappa shape index (κ1) is 17.9. The normalized spacial score (nSPS) is 20.8. The Hall–Kier alpha value is -1.88. The predicted molar refractivity (Wildman–Crippen MR) is 106 cm³/mol. The van der Waals surface area contributed by atoms with Crippen molar-refractivity contribution in [3.05, 3.63) is 54.1 Å². The molecule has 5 heteroatoms. The van der Waals surface area contributed by atoms with Gasteiger partial charge in [0.1, 0.15) is 0 Å². The first-order valence-electron chi connectivity index (χ1n) is 9.08. The van der Waals surface area contributed by atoms with Gasteiger partial charge in [-0.1, -0.05) is 19.4 Å². The van der Waals surface area contributed by atoms with Gasteiger partial charge in [-0.25, -0.2) is 0 Å². The molecule has 3 heterocycles. The SMILES string of the molecule is CCCCN1C(=S)N[C@H](c2ccccn2)[C@H]1c1ccn(C(C)(C)C)c1. The van der Waals surface area contributed by atoms with Gasteiger partial charge in [0, 0.05) is 30.7 Å². The molecule has 0 amide bonds. The van der Waals surface area contributed by atoms with Crippen molar-refractivity contribution in [1.29, 1.82) is 0 Å². The number of rotatable bonds is 5. The van der Waals surface area contributed by atoms with E-state index in [1.54, 1.807) is 0 Å². The first-order valence-corrected chi connectivity index (χ1v) is 9.49. The fourth-order valence-corrected chi connectivity index (χ4v) is 3.68. The molecule has 0 aromatic carbocycles. The summed E-state index contributed by atoms with van der Waals surface area (Å²) in [6, 6.07) is 8.56. The summed E-state index contributed by atoms with van der Waals surface area (Å²) in [6.07, 6.45) is 8.57. The third-order valence-corrected chi connectivity index (χ3v) is 5.13. The van der Waals surface area contributed by atoms with Gasteiger partial charge in [0.05, 0.1) is 17.8 Å². The molecular formula is C20H28N4S. The van der Waals surface area contributed by atoms with Crippen LogP contribution in [0, 0.1) is 0 Å². The van der Waals surface area contributed by atoms with Gasteiger partial charge in [0.2, 0.25) is 0 Å². The molecule has 0 bridgehead atoms. The van der Waals surface area contributed by atoms with Crippen molar-refractivity contribution in [2.45, 2.75) is 58.2 Å². The molecule has 1 saturated heterocycles. The Morgan fingerprint density at radius 2 is 2.04 bits per heavy atom. The highest BCUT2D eigenvalue weighted by Crippen LogP contribution is 2.39. The molecular weight excluding hydrogens is 328 g/mol. The number of unbranched alkanes of at least 4 members (excludes halogenated alkanes) is 1. The fraction of sp³-hybridized carbons (Fsp3) is 0.500. The summed E-state index contributed by atoms with van der Waals surface area (Å²) in [5.41, 5.74) is 2.39. The number of pyridine rings is 1. The lowest BCUT2D eigenvalue weighted by molar-refractivity contribution is 0.311. The van der Waals surface area contributed by atoms with Gasteiger partial charge in [0.25, 0.3) is 0 Å². The fourth-order valence-electron chi connectivity index (χ4n) is 3.34. The largest absolute Gasteiger partial charge is 0.352 e. The van der Waals surface area contributed by atoms with Crippen LogP contribution in [0.1, 0.15) is 63.9 Å². The molecule has 1 fully saturated rings. The third-order valence-electron chi connectivity index (χ3n) is 4.78. The minimum Gasteiger partial charge on any atom is -0.352 e. The monoisotopic (exact) mass is 356 g/mol. The summed E-state index contributed by atoms with van der Waals surface area (Å²) in [5.74, 6) is 0. The standard InChI is InChI=1S/C20H28N4S/c1-5-6-12-24-18(15-10-13-23(14-15)20(2,3)4)17(22-19(24)25)16-9-7-8-11-21-16/h7-11,13-14,17-18H,5-6,12H2,1-4H3,(H,22,25)/t17-,18-/m1/s1. The van der Waals surface area contributed by atoms with Crippen molar-refractivity contribution in [1.82, 2.24) is 19.8 Å². The minimum absolute atomic E-state index is 0.0690. The smallest absolute Gasteiger partial charge is 0.170 e. The molecule has 0 unspecified atom stereocenters. The maximum absolute atomic E-state index is 5.67. The molecule has 1 N–H and O–H groups in total. The lowest BCUT2D eigenvalue weighted by Gasteiger charge is -2.27. The average Bonchev–Trinajstić information content (AvgIpc) is 3.18. The summed E-state index contributed by atoms with van der Waals surface area (Å²) in [6.45, 7) is 9.85. The Kier molecular flexibility index (Phi) is 5.13. The molecule has 4 nitrogen and oxygen atoms in total. The lowest BCUT2D eigenvalue weighted by atomic mass is 9.99. The average molecular weight is 357 g/mol. The summed E-state index contributed by atoms with van der Waals surface area (Å²) in [5, 5.41) is 4.34. The van der Waals surface area contributed by atoms with Crippen LogP contribution >= 0.6 is 12.2 Å². The van der Waals surface area contributed by atoms with Crippen molar-refractivity contribution in [2.75, 3.05) is 6.54 Å². The zero-order valence-corrected chi connectivity index (χ0v) is 16.4.